The van der Waals surface area contributed by atoms with E-state index < -0.39 is 6.04 Å². The number of nitrogens with zero attached hydrogens (tertiary/aromatic N) is 1. The number of amides is 2. The normalized spacial score (nSPS) is 12.8. The highest BCUT2D eigenvalue weighted by Gasteiger charge is 2.24. The summed E-state index contributed by atoms with van der Waals surface area (Å²) >= 11 is 2.92. The van der Waals surface area contributed by atoms with Crippen LogP contribution in [0.1, 0.15) is 16.8 Å². The number of hydrogen-bond donors (Lipinski definition) is 2. The number of benzene rings is 2. The molecule has 172 valence electrons. The summed E-state index contributed by atoms with van der Waals surface area (Å²) < 4.78 is 16.0. The monoisotopic (exact) mass is 485 g/mol. The predicted octanol–water partition coefficient (Wildman–Crippen LogP) is 4.04. The zero-order chi connectivity index (χ0) is 23.2. The van der Waals surface area contributed by atoms with E-state index in [1.807, 2.05) is 29.8 Å². The van der Waals surface area contributed by atoms with Gasteiger partial charge in [0.05, 0.1) is 18.4 Å². The Labute approximate surface area is 199 Å². The predicted molar refractivity (Wildman–Crippen MR) is 130 cm³/mol. The van der Waals surface area contributed by atoms with Crippen molar-refractivity contribution in [3.8, 4) is 28.5 Å². The molecule has 0 fully saturated rings. The quantitative estimate of drug-likeness (QED) is 0.472. The summed E-state index contributed by atoms with van der Waals surface area (Å²) in [4.78, 5) is 30.4. The lowest BCUT2D eigenvalue weighted by Gasteiger charge is -2.18. The molecule has 1 atom stereocenters. The van der Waals surface area contributed by atoms with Crippen molar-refractivity contribution in [3.05, 3.63) is 53.4 Å². The molecule has 0 saturated heterocycles. The van der Waals surface area contributed by atoms with Gasteiger partial charge in [-0.25, -0.2) is 4.98 Å². The second-order valence-electron chi connectivity index (χ2n) is 7.10. The number of carbonyl (C=O) groups excluding carboxylic acids is 2. The molecule has 0 saturated carbocycles. The fourth-order valence-corrected chi connectivity index (χ4v) is 4.48. The maximum atomic E-state index is 13.0. The number of rotatable bonds is 9. The molecule has 4 rings (SSSR count). The number of ether oxygens (including phenoxy) is 3. The minimum absolute atomic E-state index is 0.204. The first-order chi connectivity index (χ1) is 16.1. The van der Waals surface area contributed by atoms with Crippen molar-refractivity contribution in [3.63, 3.8) is 0 Å². The molecule has 2 amide bonds. The van der Waals surface area contributed by atoms with Gasteiger partial charge in [0.1, 0.15) is 11.8 Å². The minimum Gasteiger partial charge on any atom is -0.496 e. The van der Waals surface area contributed by atoms with Crippen LogP contribution in [-0.4, -0.2) is 48.8 Å². The average molecular weight is 486 g/mol. The van der Waals surface area contributed by atoms with Crippen LogP contribution in [0.3, 0.4) is 0 Å². The van der Waals surface area contributed by atoms with Crippen LogP contribution in [0.25, 0.3) is 11.3 Å². The molecule has 0 bridgehead atoms. The molecule has 2 aromatic carbocycles. The summed E-state index contributed by atoms with van der Waals surface area (Å²) in [6.45, 7) is 0.204. The average Bonchev–Trinajstić information content (AvgIpc) is 3.50. The number of fused-ring (bicyclic) bond motifs is 1. The SMILES string of the molecule is COc1ccccc1C(=O)NC(CCSC)C(=O)Nc1nc(-c2ccc3c(c2)OCO3)cs1. The molecule has 8 nitrogen and oxygen atoms in total. The second kappa shape index (κ2) is 10.6. The second-order valence-corrected chi connectivity index (χ2v) is 8.95. The first kappa shape index (κ1) is 22.9. The Bertz CT molecular complexity index is 1150. The molecule has 2 heterocycles. The third kappa shape index (κ3) is 5.40. The van der Waals surface area contributed by atoms with E-state index in [0.717, 1.165) is 5.56 Å². The van der Waals surface area contributed by atoms with Gasteiger partial charge in [-0.3, -0.25) is 9.59 Å². The number of carbonyl (C=O) groups is 2. The third-order valence-corrected chi connectivity index (χ3v) is 6.39. The van der Waals surface area contributed by atoms with Gasteiger partial charge in [-0.1, -0.05) is 12.1 Å². The first-order valence-corrected chi connectivity index (χ1v) is 12.5. The molecule has 33 heavy (non-hydrogen) atoms. The minimum atomic E-state index is -0.715. The highest BCUT2D eigenvalue weighted by molar-refractivity contribution is 7.98. The summed E-state index contributed by atoms with van der Waals surface area (Å²) in [6.07, 6.45) is 2.43. The lowest BCUT2D eigenvalue weighted by molar-refractivity contribution is -0.118. The van der Waals surface area contributed by atoms with Crippen molar-refractivity contribution in [2.75, 3.05) is 31.2 Å². The van der Waals surface area contributed by atoms with Gasteiger partial charge in [-0.2, -0.15) is 11.8 Å². The van der Waals surface area contributed by atoms with E-state index in [2.05, 4.69) is 15.6 Å². The molecule has 0 radical (unpaired) electrons. The zero-order valence-corrected chi connectivity index (χ0v) is 19.8. The smallest absolute Gasteiger partial charge is 0.255 e. The standard InChI is InChI=1S/C23H23N3O5S2/c1-29-18-6-4-3-5-15(18)21(27)24-16(9-10-32-2)22(28)26-23-25-17(12-33-23)14-7-8-19-20(11-14)31-13-30-19/h3-8,11-12,16H,9-10,13H2,1-2H3,(H,24,27)(H,25,26,28). The van der Waals surface area contributed by atoms with Gasteiger partial charge >= 0.3 is 0 Å². The van der Waals surface area contributed by atoms with Crippen molar-refractivity contribution in [2.45, 2.75) is 12.5 Å². The van der Waals surface area contributed by atoms with E-state index in [-0.39, 0.29) is 18.6 Å². The fraction of sp³-hybridized carbons (Fsp3) is 0.261. The topological polar surface area (TPSA) is 98.8 Å². The number of anilines is 1. The van der Waals surface area contributed by atoms with Crippen molar-refractivity contribution in [2.24, 2.45) is 0 Å². The molecule has 1 aromatic heterocycles. The van der Waals surface area contributed by atoms with E-state index in [9.17, 15) is 9.59 Å². The van der Waals surface area contributed by atoms with Gasteiger partial charge in [-0.05, 0) is 48.8 Å². The number of thioether (sulfide) groups is 1. The number of para-hydroxylation sites is 1. The molecule has 1 unspecified atom stereocenters. The molecule has 0 aliphatic carbocycles. The molecule has 2 N–H and O–H groups in total. The van der Waals surface area contributed by atoms with Crippen LogP contribution in [0, 0.1) is 0 Å². The molecule has 1 aliphatic heterocycles. The van der Waals surface area contributed by atoms with E-state index in [4.69, 9.17) is 14.2 Å². The van der Waals surface area contributed by atoms with Gasteiger partial charge in [-0.15, -0.1) is 11.3 Å². The van der Waals surface area contributed by atoms with Gasteiger partial charge in [0.25, 0.3) is 5.91 Å². The lowest BCUT2D eigenvalue weighted by Crippen LogP contribution is -2.44. The third-order valence-electron chi connectivity index (χ3n) is 4.99. The summed E-state index contributed by atoms with van der Waals surface area (Å²) in [7, 11) is 1.50. The van der Waals surface area contributed by atoms with Crippen LogP contribution in [-0.2, 0) is 4.79 Å². The molecular weight excluding hydrogens is 462 g/mol. The van der Waals surface area contributed by atoms with Gasteiger partial charge in [0.15, 0.2) is 16.6 Å². The Balaban J connectivity index is 1.46. The zero-order valence-electron chi connectivity index (χ0n) is 18.1. The fourth-order valence-electron chi connectivity index (χ4n) is 3.28. The summed E-state index contributed by atoms with van der Waals surface area (Å²) in [5, 5.41) is 7.98. The molecule has 3 aromatic rings. The van der Waals surface area contributed by atoms with Gasteiger partial charge in [0.2, 0.25) is 12.7 Å². The number of nitrogens with one attached hydrogen (secondary N) is 2. The Hall–Kier alpha value is -3.24. The molecule has 1 aliphatic rings. The van der Waals surface area contributed by atoms with Crippen LogP contribution < -0.4 is 24.8 Å². The van der Waals surface area contributed by atoms with E-state index in [1.165, 1.54) is 18.4 Å². The maximum absolute atomic E-state index is 13.0. The lowest BCUT2D eigenvalue weighted by atomic mass is 10.1. The van der Waals surface area contributed by atoms with Gasteiger partial charge in [0, 0.05) is 10.9 Å². The van der Waals surface area contributed by atoms with E-state index >= 15 is 0 Å². The van der Waals surface area contributed by atoms with Crippen molar-refractivity contribution in [1.29, 1.82) is 0 Å². The number of methoxy groups -OCH3 is 1. The van der Waals surface area contributed by atoms with E-state index in [0.29, 0.717) is 45.8 Å². The Morgan fingerprint density at radius 2 is 2.03 bits per heavy atom. The van der Waals surface area contributed by atoms with E-state index in [1.54, 1.807) is 36.0 Å². The summed E-state index contributed by atoms with van der Waals surface area (Å²) in [5.74, 6) is 1.84. The maximum Gasteiger partial charge on any atom is 0.255 e. The highest BCUT2D eigenvalue weighted by atomic mass is 32.2. The highest BCUT2D eigenvalue weighted by Crippen LogP contribution is 2.36. The first-order valence-electron chi connectivity index (χ1n) is 10.2. The van der Waals surface area contributed by atoms with Gasteiger partial charge < -0.3 is 24.8 Å². The van der Waals surface area contributed by atoms with Crippen LogP contribution in [0.4, 0.5) is 5.13 Å². The largest absolute Gasteiger partial charge is 0.496 e. The van der Waals surface area contributed by atoms with Crippen LogP contribution in [0.15, 0.2) is 47.8 Å². The number of hydrogen-bond acceptors (Lipinski definition) is 8. The molecule has 10 heteroatoms. The Morgan fingerprint density at radius 1 is 1.21 bits per heavy atom. The van der Waals surface area contributed by atoms with Crippen LogP contribution in [0.5, 0.6) is 17.2 Å². The summed E-state index contributed by atoms with van der Waals surface area (Å²) in [5.41, 5.74) is 1.95. The molecular formula is C23H23N3O5S2. The molecule has 0 spiro atoms. The summed E-state index contributed by atoms with van der Waals surface area (Å²) in [6, 6.07) is 11.8. The van der Waals surface area contributed by atoms with Crippen molar-refractivity contribution in [1.82, 2.24) is 10.3 Å². The Morgan fingerprint density at radius 3 is 2.85 bits per heavy atom. The Kier molecular flexibility index (Phi) is 7.36. The van der Waals surface area contributed by atoms with Crippen molar-refractivity contribution >= 4 is 40.0 Å². The van der Waals surface area contributed by atoms with Crippen LogP contribution >= 0.6 is 23.1 Å². The number of thiazole rings is 1. The van der Waals surface area contributed by atoms with Crippen LogP contribution in [0.2, 0.25) is 0 Å². The van der Waals surface area contributed by atoms with Crippen molar-refractivity contribution < 1.29 is 23.8 Å². The number of aromatic nitrogens is 1.